The molecule has 2 heteroatoms. The molecule has 0 saturated heterocycles. The van der Waals surface area contributed by atoms with Gasteiger partial charge >= 0.3 is 0 Å². The Labute approximate surface area is 105 Å². The fraction of sp³-hybridized carbons (Fsp3) is 0.500. The molecule has 1 aliphatic carbocycles. The maximum Gasteiger partial charge on any atom is 0.0314 e. The Morgan fingerprint density at radius 1 is 1.39 bits per heavy atom. The molecule has 18 heavy (non-hydrogen) atoms. The second kappa shape index (κ2) is 5.39. The van der Waals surface area contributed by atoms with Gasteiger partial charge in [-0.1, -0.05) is 38.3 Å². The van der Waals surface area contributed by atoms with Gasteiger partial charge < -0.3 is 11.8 Å². The molecular weight excluding hydrogens is 453 g/mol. The van der Waals surface area contributed by atoms with Gasteiger partial charge in [0.15, 0.2) is 0 Å². The summed E-state index contributed by atoms with van der Waals surface area (Å²) in [5, 5.41) is 0. The molecule has 0 aromatic heterocycles. The molecule has 0 bridgehead atoms. The molecular formula is C16H22CmN-. The Morgan fingerprint density at radius 2 is 2.06 bits per heavy atom. The number of rotatable bonds is 4. The molecule has 1 saturated carbocycles. The van der Waals surface area contributed by atoms with Crippen LogP contribution in [0.5, 0.6) is 0 Å². The van der Waals surface area contributed by atoms with Crippen LogP contribution in [0.15, 0.2) is 30.8 Å². The van der Waals surface area contributed by atoms with Crippen molar-refractivity contribution in [2.45, 2.75) is 44.4 Å². The zero-order chi connectivity index (χ0) is 12.3. The van der Waals surface area contributed by atoms with Crippen molar-refractivity contribution in [2.24, 2.45) is 5.92 Å². The molecule has 0 amide bonds. The molecule has 1 nitrogen and oxygen atoms in total. The minimum Gasteiger partial charge on any atom is -0.501 e. The van der Waals surface area contributed by atoms with E-state index in [1.54, 1.807) is 0 Å². The maximum atomic E-state index is 5.77. The molecule has 100 valence electrons. The number of benzene rings is 1. The van der Waals surface area contributed by atoms with Crippen molar-refractivity contribution in [3.8, 4) is 0 Å². The summed E-state index contributed by atoms with van der Waals surface area (Å²) in [6, 6.07) is 8.46. The van der Waals surface area contributed by atoms with Gasteiger partial charge in [-0.25, -0.2) is 0 Å². The van der Waals surface area contributed by atoms with Crippen LogP contribution in [0.25, 0.3) is 0 Å². The third-order valence-electron chi connectivity index (χ3n) is 4.15. The predicted molar refractivity (Wildman–Crippen MR) is 73.7 cm³/mol. The first-order valence-corrected chi connectivity index (χ1v) is 6.59. The van der Waals surface area contributed by atoms with Gasteiger partial charge in [0, 0.05) is 5.69 Å². The monoisotopic (exact) mass is 471 g/mol. The van der Waals surface area contributed by atoms with Gasteiger partial charge in [0.25, 0.3) is 0 Å². The molecule has 0 heterocycles. The summed E-state index contributed by atoms with van der Waals surface area (Å²) in [6.45, 7) is 6.10. The Hall–Kier alpha value is -2.24. The van der Waals surface area contributed by atoms with Crippen molar-refractivity contribution in [1.29, 1.82) is 0 Å². The van der Waals surface area contributed by atoms with Crippen molar-refractivity contribution in [1.82, 2.24) is 0 Å². The molecule has 0 radical (unpaired) electrons. The summed E-state index contributed by atoms with van der Waals surface area (Å²) in [6.07, 6.45) is 9.37. The fourth-order valence-corrected chi connectivity index (χ4v) is 3.25. The zero-order valence-corrected chi connectivity index (χ0v) is 14.0. The van der Waals surface area contributed by atoms with E-state index in [1.807, 2.05) is 12.1 Å². The third-order valence-corrected chi connectivity index (χ3v) is 4.15. The van der Waals surface area contributed by atoms with Crippen LogP contribution in [0.1, 0.15) is 44.6 Å². The Morgan fingerprint density at radius 3 is 2.56 bits per heavy atom. The summed E-state index contributed by atoms with van der Waals surface area (Å²) in [4.78, 5) is 0. The molecule has 1 aromatic carbocycles. The summed E-state index contributed by atoms with van der Waals surface area (Å²) in [7, 11) is 0. The molecule has 0 aliphatic heterocycles. The van der Waals surface area contributed by atoms with E-state index in [0.717, 1.165) is 5.69 Å². The minimum atomic E-state index is 0. The zero-order valence-electron chi connectivity index (χ0n) is 11.1. The quantitative estimate of drug-likeness (QED) is 0.515. The fourth-order valence-electron chi connectivity index (χ4n) is 3.25. The van der Waals surface area contributed by atoms with Crippen LogP contribution in [0.4, 0.5) is 5.69 Å². The predicted octanol–water partition coefficient (Wildman–Crippen LogP) is 4.10. The van der Waals surface area contributed by atoms with Crippen LogP contribution in [0.3, 0.4) is 0 Å². The van der Waals surface area contributed by atoms with Crippen LogP contribution in [-0.2, 0) is 5.41 Å². The Balaban J connectivity index is 0.00000162. The van der Waals surface area contributed by atoms with Crippen LogP contribution < -0.4 is 5.73 Å². The number of anilines is 1. The van der Waals surface area contributed by atoms with Crippen LogP contribution in [0, 0.1) is 12.0 Å². The van der Waals surface area contributed by atoms with Gasteiger partial charge in [-0.15, -0.1) is 0 Å². The minimum absolute atomic E-state index is 0. The Bertz CT molecular complexity index is 385. The first-order chi connectivity index (χ1) is 8.20. The number of nitrogen functional groups attached to an aromatic ring is 1. The van der Waals surface area contributed by atoms with E-state index in [-0.39, 0.29) is 0 Å². The van der Waals surface area contributed by atoms with Gasteiger partial charge in [-0.2, -0.15) is 5.92 Å². The van der Waals surface area contributed by atoms with Gasteiger partial charge in [0.2, 0.25) is 0 Å². The summed E-state index contributed by atoms with van der Waals surface area (Å²) in [5.74, 6) is 0.569. The molecule has 2 rings (SSSR count). The topological polar surface area (TPSA) is 26.0 Å². The van der Waals surface area contributed by atoms with Crippen LogP contribution >= 0.6 is 0 Å². The van der Waals surface area contributed by atoms with E-state index < -0.39 is 0 Å². The number of nitrogens with two attached hydrogens (primary N) is 1. The normalized spacial score (nSPS) is 26.6. The van der Waals surface area contributed by atoms with Crippen molar-refractivity contribution < 1.29 is 0 Å². The number of hydrogen-bond donors (Lipinski definition) is 1. The Kier molecular flexibility index (Phi) is 4.14. The van der Waals surface area contributed by atoms with Gasteiger partial charge in [0.05, 0.1) is 0 Å². The summed E-state index contributed by atoms with van der Waals surface area (Å²) < 4.78 is 0. The van der Waals surface area contributed by atoms with Crippen LogP contribution in [-0.4, -0.2) is 0 Å². The number of hydrogen-bond acceptors (Lipinski definition) is 1. The van der Waals surface area contributed by atoms with Crippen molar-refractivity contribution in [3.63, 3.8) is 0 Å². The molecule has 1 fully saturated rings. The third kappa shape index (κ3) is 2.37. The molecule has 2 N–H and O–H groups in total. The van der Waals surface area contributed by atoms with E-state index in [1.165, 1.54) is 37.7 Å². The molecule has 2 atom stereocenters. The largest absolute Gasteiger partial charge is 0.501 e. The first-order valence-electron chi connectivity index (χ1n) is 6.59. The second-order valence-electron chi connectivity index (χ2n) is 5.30. The van der Waals surface area contributed by atoms with E-state index in [2.05, 4.69) is 31.7 Å². The smallest absolute Gasteiger partial charge is 0.0314 e. The second-order valence-corrected chi connectivity index (χ2v) is 5.30. The van der Waals surface area contributed by atoms with Gasteiger partial charge in [0.1, 0.15) is 0 Å². The summed E-state index contributed by atoms with van der Waals surface area (Å²) in [5.41, 5.74) is 8.42. The average Bonchev–Trinajstić information content (AvgIpc) is 2.75. The van der Waals surface area contributed by atoms with Crippen LogP contribution in [0.2, 0.25) is 0 Å². The SMILES string of the molecule is C=[C-]C1CCC(CCC)(c2ccc(N)cc2)C1.[Cm]. The number of allylic oxidation sites excluding steroid dienone is 1. The molecule has 1 aliphatic rings. The molecule has 1 aromatic rings. The molecule has 2 unspecified atom stereocenters. The maximum absolute atomic E-state index is 5.77. The van der Waals surface area contributed by atoms with E-state index in [9.17, 15) is 0 Å². The van der Waals surface area contributed by atoms with E-state index in [0.29, 0.717) is 11.3 Å². The van der Waals surface area contributed by atoms with E-state index in [4.69, 9.17) is 5.73 Å². The average molecular weight is 475 g/mol. The van der Waals surface area contributed by atoms with Gasteiger partial charge in [-0.3, -0.25) is 6.58 Å². The van der Waals surface area contributed by atoms with Crippen molar-refractivity contribution >= 4 is 5.69 Å². The standard InChI is InChI=1S/C16H22N.Cm/c1-3-10-16(11-9-13(4-2)12-16)14-5-7-15(17)8-6-14;/h5-8,13H,2-3,9-12,17H2,1H3;/q-1;. The van der Waals surface area contributed by atoms with Crippen molar-refractivity contribution in [2.75, 3.05) is 5.73 Å². The van der Waals surface area contributed by atoms with Crippen molar-refractivity contribution in [3.05, 3.63) is 42.5 Å². The first kappa shape index (κ1) is 13.8. The molecule has 0 spiro atoms. The summed E-state index contributed by atoms with van der Waals surface area (Å²) >= 11 is 0. The van der Waals surface area contributed by atoms with E-state index >= 15 is 0 Å². The van der Waals surface area contributed by atoms with Gasteiger partial charge in [-0.05, 0) is 36.0 Å².